The average Bonchev–Trinajstić information content (AvgIpc) is 2.68. The van der Waals surface area contributed by atoms with E-state index in [0.717, 1.165) is 24.3 Å². The van der Waals surface area contributed by atoms with E-state index in [1.807, 2.05) is 37.3 Å². The number of hydrogen-bond acceptors (Lipinski definition) is 2. The van der Waals surface area contributed by atoms with Crippen LogP contribution in [0.1, 0.15) is 34.8 Å². The molecular formula is C23H23NO. The van der Waals surface area contributed by atoms with Gasteiger partial charge in [0.2, 0.25) is 0 Å². The van der Waals surface area contributed by atoms with Crippen LogP contribution in [0.25, 0.3) is 0 Å². The molecule has 2 heteroatoms. The van der Waals surface area contributed by atoms with Crippen molar-refractivity contribution < 1.29 is 4.79 Å². The highest BCUT2D eigenvalue weighted by Gasteiger charge is 2.16. The largest absolute Gasteiger partial charge is 0.362 e. The van der Waals surface area contributed by atoms with Gasteiger partial charge in [-0.15, -0.1) is 0 Å². The molecule has 0 radical (unpaired) electrons. The van der Waals surface area contributed by atoms with Gasteiger partial charge in [0, 0.05) is 30.8 Å². The number of para-hydroxylation sites is 1. The summed E-state index contributed by atoms with van der Waals surface area (Å²) in [5.41, 5.74) is 4.27. The van der Waals surface area contributed by atoms with Crippen LogP contribution in [0.2, 0.25) is 0 Å². The van der Waals surface area contributed by atoms with Crippen molar-refractivity contribution in [3.05, 3.63) is 102 Å². The number of hydrogen-bond donors (Lipinski definition) is 0. The predicted octanol–water partition coefficient (Wildman–Crippen LogP) is 5.49. The molecule has 0 amide bonds. The van der Waals surface area contributed by atoms with Crippen LogP contribution in [-0.4, -0.2) is 5.78 Å². The second kappa shape index (κ2) is 8.29. The number of rotatable bonds is 7. The number of ketones is 1. The zero-order valence-corrected chi connectivity index (χ0v) is 14.6. The maximum absolute atomic E-state index is 12.4. The van der Waals surface area contributed by atoms with Crippen LogP contribution in [0.5, 0.6) is 0 Å². The Bertz CT molecular complexity index is 770. The number of carbonyl (C=O) groups is 1. The summed E-state index contributed by atoms with van der Waals surface area (Å²) in [6, 6.07) is 28.7. The SMILES string of the molecule is CCC(=O)c1ccccc1N(Cc1ccccc1)Cc1ccccc1. The van der Waals surface area contributed by atoms with Gasteiger partial charge in [-0.1, -0.05) is 79.7 Å². The highest BCUT2D eigenvalue weighted by Crippen LogP contribution is 2.25. The maximum atomic E-state index is 12.4. The normalized spacial score (nSPS) is 10.4. The molecule has 0 aliphatic rings. The zero-order valence-electron chi connectivity index (χ0n) is 14.6. The van der Waals surface area contributed by atoms with Gasteiger partial charge in [-0.3, -0.25) is 4.79 Å². The minimum absolute atomic E-state index is 0.182. The lowest BCUT2D eigenvalue weighted by Crippen LogP contribution is -2.24. The smallest absolute Gasteiger partial charge is 0.164 e. The Morgan fingerprint density at radius 3 is 1.72 bits per heavy atom. The Morgan fingerprint density at radius 2 is 1.20 bits per heavy atom. The highest BCUT2D eigenvalue weighted by molar-refractivity contribution is 6.01. The van der Waals surface area contributed by atoms with Gasteiger partial charge in [0.15, 0.2) is 5.78 Å². The van der Waals surface area contributed by atoms with E-state index >= 15 is 0 Å². The topological polar surface area (TPSA) is 20.3 Å². The lowest BCUT2D eigenvalue weighted by Gasteiger charge is -2.27. The third-order valence-corrected chi connectivity index (χ3v) is 4.30. The first kappa shape index (κ1) is 17.0. The van der Waals surface area contributed by atoms with E-state index < -0.39 is 0 Å². The summed E-state index contributed by atoms with van der Waals surface area (Å²) in [6.45, 7) is 3.45. The van der Waals surface area contributed by atoms with E-state index in [9.17, 15) is 4.79 Å². The van der Waals surface area contributed by atoms with E-state index in [1.165, 1.54) is 11.1 Å². The lowest BCUT2D eigenvalue weighted by molar-refractivity contribution is 0.0988. The Balaban J connectivity index is 1.97. The van der Waals surface area contributed by atoms with E-state index in [4.69, 9.17) is 0 Å². The van der Waals surface area contributed by atoms with Crippen LogP contribution in [0, 0.1) is 0 Å². The van der Waals surface area contributed by atoms with Gasteiger partial charge in [-0.2, -0.15) is 0 Å². The first-order valence-corrected chi connectivity index (χ1v) is 8.73. The van der Waals surface area contributed by atoms with Gasteiger partial charge < -0.3 is 4.90 Å². The summed E-state index contributed by atoms with van der Waals surface area (Å²) >= 11 is 0. The van der Waals surface area contributed by atoms with Gasteiger partial charge in [0.05, 0.1) is 0 Å². The Labute approximate surface area is 149 Å². The quantitative estimate of drug-likeness (QED) is 0.534. The Morgan fingerprint density at radius 1 is 0.720 bits per heavy atom. The Kier molecular flexibility index (Phi) is 5.63. The second-order valence-corrected chi connectivity index (χ2v) is 6.12. The first-order chi connectivity index (χ1) is 12.3. The molecule has 0 aliphatic heterocycles. The fourth-order valence-corrected chi connectivity index (χ4v) is 3.01. The van der Waals surface area contributed by atoms with Gasteiger partial charge >= 0.3 is 0 Å². The molecule has 25 heavy (non-hydrogen) atoms. The molecule has 0 atom stereocenters. The minimum atomic E-state index is 0.182. The van der Waals surface area contributed by atoms with Crippen LogP contribution in [0.3, 0.4) is 0 Å². The number of carbonyl (C=O) groups excluding carboxylic acids is 1. The summed E-state index contributed by atoms with van der Waals surface area (Å²) in [6.07, 6.45) is 0.515. The summed E-state index contributed by atoms with van der Waals surface area (Å²) < 4.78 is 0. The standard InChI is InChI=1S/C23H23NO/c1-2-23(25)21-15-9-10-16-22(21)24(17-19-11-5-3-6-12-19)18-20-13-7-4-8-14-20/h3-16H,2,17-18H2,1H3. The molecule has 0 fully saturated rings. The van der Waals surface area contributed by atoms with E-state index in [0.29, 0.717) is 6.42 Å². The van der Waals surface area contributed by atoms with Crippen molar-refractivity contribution in [3.63, 3.8) is 0 Å². The summed E-state index contributed by atoms with van der Waals surface area (Å²) in [5.74, 6) is 0.182. The molecular weight excluding hydrogens is 306 g/mol. The molecule has 3 aromatic rings. The molecule has 0 heterocycles. The molecule has 3 rings (SSSR count). The van der Waals surface area contributed by atoms with Crippen LogP contribution < -0.4 is 4.90 Å². The molecule has 0 unspecified atom stereocenters. The third-order valence-electron chi connectivity index (χ3n) is 4.30. The predicted molar refractivity (Wildman–Crippen MR) is 104 cm³/mol. The van der Waals surface area contributed by atoms with E-state index in [-0.39, 0.29) is 5.78 Å². The number of Topliss-reactive ketones (excluding diaryl/α,β-unsaturated/α-hetero) is 1. The van der Waals surface area contributed by atoms with Crippen molar-refractivity contribution in [2.24, 2.45) is 0 Å². The highest BCUT2D eigenvalue weighted by atomic mass is 16.1. The molecule has 126 valence electrons. The van der Waals surface area contributed by atoms with Gasteiger partial charge in [-0.05, 0) is 23.3 Å². The number of benzene rings is 3. The van der Waals surface area contributed by atoms with Crippen molar-refractivity contribution in [2.45, 2.75) is 26.4 Å². The number of nitrogens with zero attached hydrogens (tertiary/aromatic N) is 1. The number of anilines is 1. The van der Waals surface area contributed by atoms with Crippen molar-refractivity contribution in [2.75, 3.05) is 4.90 Å². The lowest BCUT2D eigenvalue weighted by atomic mass is 10.0. The molecule has 0 spiro atoms. The van der Waals surface area contributed by atoms with Crippen molar-refractivity contribution in [1.82, 2.24) is 0 Å². The van der Waals surface area contributed by atoms with Gasteiger partial charge in [0.1, 0.15) is 0 Å². The molecule has 0 bridgehead atoms. The third kappa shape index (κ3) is 4.36. The van der Waals surface area contributed by atoms with E-state index in [1.54, 1.807) is 0 Å². The van der Waals surface area contributed by atoms with Crippen molar-refractivity contribution >= 4 is 11.5 Å². The minimum Gasteiger partial charge on any atom is -0.362 e. The Hall–Kier alpha value is -2.87. The summed E-state index contributed by atoms with van der Waals surface area (Å²) in [4.78, 5) is 14.7. The zero-order chi connectivity index (χ0) is 17.5. The fraction of sp³-hybridized carbons (Fsp3) is 0.174. The van der Waals surface area contributed by atoms with Crippen molar-refractivity contribution in [1.29, 1.82) is 0 Å². The molecule has 0 N–H and O–H groups in total. The second-order valence-electron chi connectivity index (χ2n) is 6.12. The average molecular weight is 329 g/mol. The van der Waals surface area contributed by atoms with Gasteiger partial charge in [0.25, 0.3) is 0 Å². The monoisotopic (exact) mass is 329 g/mol. The van der Waals surface area contributed by atoms with Crippen LogP contribution in [0.15, 0.2) is 84.9 Å². The van der Waals surface area contributed by atoms with Crippen LogP contribution in [0.4, 0.5) is 5.69 Å². The van der Waals surface area contributed by atoms with Crippen LogP contribution in [-0.2, 0) is 13.1 Å². The summed E-state index contributed by atoms with van der Waals surface area (Å²) in [7, 11) is 0. The maximum Gasteiger partial charge on any atom is 0.164 e. The molecule has 0 saturated heterocycles. The summed E-state index contributed by atoms with van der Waals surface area (Å²) in [5, 5.41) is 0. The van der Waals surface area contributed by atoms with Crippen LogP contribution >= 0.6 is 0 Å². The van der Waals surface area contributed by atoms with E-state index in [2.05, 4.69) is 59.5 Å². The van der Waals surface area contributed by atoms with Gasteiger partial charge in [-0.25, -0.2) is 0 Å². The molecule has 0 aliphatic carbocycles. The molecule has 2 nitrogen and oxygen atoms in total. The first-order valence-electron chi connectivity index (χ1n) is 8.73. The molecule has 0 saturated carbocycles. The molecule has 0 aromatic heterocycles. The van der Waals surface area contributed by atoms with Crippen molar-refractivity contribution in [3.8, 4) is 0 Å². The molecule has 3 aromatic carbocycles. The fourth-order valence-electron chi connectivity index (χ4n) is 3.01.